The minimum atomic E-state index is -4.74. The van der Waals surface area contributed by atoms with E-state index in [1.165, 1.54) is 23.3 Å². The standard InChI is InChI=1S/C14H13F3N2O3/c1-19(9-12-3-2-8-21-12)13(20)18-10-4-6-11(7-5-10)22-14(15,16)17/h2-8H,9H2,1H3,(H,18,20). The first kappa shape index (κ1) is 15.7. The summed E-state index contributed by atoms with van der Waals surface area (Å²) >= 11 is 0. The van der Waals surface area contributed by atoms with Crippen LogP contribution in [0.15, 0.2) is 47.1 Å². The zero-order valence-corrected chi connectivity index (χ0v) is 11.6. The van der Waals surface area contributed by atoms with E-state index in [-0.39, 0.29) is 12.3 Å². The number of alkyl halides is 3. The summed E-state index contributed by atoms with van der Waals surface area (Å²) < 4.78 is 45.0. The molecule has 1 heterocycles. The van der Waals surface area contributed by atoms with Gasteiger partial charge in [-0.05, 0) is 36.4 Å². The zero-order valence-electron chi connectivity index (χ0n) is 11.6. The van der Waals surface area contributed by atoms with Crippen LogP contribution in [0.5, 0.6) is 5.75 Å². The van der Waals surface area contributed by atoms with Crippen molar-refractivity contribution in [1.82, 2.24) is 4.90 Å². The maximum Gasteiger partial charge on any atom is 0.573 e. The number of carbonyl (C=O) groups excluding carboxylic acids is 1. The van der Waals surface area contributed by atoms with E-state index in [4.69, 9.17) is 4.42 Å². The van der Waals surface area contributed by atoms with Gasteiger partial charge in [-0.25, -0.2) is 4.79 Å². The monoisotopic (exact) mass is 314 g/mol. The van der Waals surface area contributed by atoms with Crippen molar-refractivity contribution >= 4 is 11.7 Å². The Hall–Kier alpha value is -2.64. The van der Waals surface area contributed by atoms with Crippen molar-refractivity contribution in [1.29, 1.82) is 0 Å². The largest absolute Gasteiger partial charge is 0.573 e. The fourth-order valence-corrected chi connectivity index (χ4v) is 1.67. The lowest BCUT2D eigenvalue weighted by atomic mass is 10.3. The number of rotatable bonds is 4. The van der Waals surface area contributed by atoms with E-state index >= 15 is 0 Å². The Morgan fingerprint density at radius 2 is 1.95 bits per heavy atom. The van der Waals surface area contributed by atoms with Crippen molar-refractivity contribution in [3.05, 3.63) is 48.4 Å². The summed E-state index contributed by atoms with van der Waals surface area (Å²) in [5.41, 5.74) is 0.353. The van der Waals surface area contributed by atoms with Crippen molar-refractivity contribution in [2.24, 2.45) is 0 Å². The van der Waals surface area contributed by atoms with Gasteiger partial charge in [-0.15, -0.1) is 13.2 Å². The summed E-state index contributed by atoms with van der Waals surface area (Å²) in [6.45, 7) is 0.272. The van der Waals surface area contributed by atoms with Crippen LogP contribution >= 0.6 is 0 Å². The first-order chi connectivity index (χ1) is 10.3. The number of nitrogens with zero attached hydrogens (tertiary/aromatic N) is 1. The number of furan rings is 1. The van der Waals surface area contributed by atoms with Crippen molar-refractivity contribution in [3.63, 3.8) is 0 Å². The van der Waals surface area contributed by atoms with E-state index in [1.807, 2.05) is 0 Å². The molecule has 0 saturated carbocycles. The fourth-order valence-electron chi connectivity index (χ4n) is 1.67. The first-order valence-corrected chi connectivity index (χ1v) is 6.24. The highest BCUT2D eigenvalue weighted by Crippen LogP contribution is 2.24. The number of urea groups is 1. The maximum absolute atomic E-state index is 12.0. The molecule has 0 saturated heterocycles. The zero-order chi connectivity index (χ0) is 16.2. The summed E-state index contributed by atoms with van der Waals surface area (Å²) in [7, 11) is 1.57. The van der Waals surface area contributed by atoms with Crippen LogP contribution < -0.4 is 10.1 Å². The molecule has 118 valence electrons. The van der Waals surface area contributed by atoms with Gasteiger partial charge in [0.15, 0.2) is 0 Å². The Labute approximate surface area is 124 Å². The van der Waals surface area contributed by atoms with Crippen molar-refractivity contribution in [2.75, 3.05) is 12.4 Å². The van der Waals surface area contributed by atoms with E-state index in [2.05, 4.69) is 10.1 Å². The number of halogens is 3. The third-order valence-electron chi connectivity index (χ3n) is 2.66. The van der Waals surface area contributed by atoms with Crippen molar-refractivity contribution in [3.8, 4) is 5.75 Å². The van der Waals surface area contributed by atoms with Gasteiger partial charge in [0.05, 0.1) is 12.8 Å². The number of nitrogens with one attached hydrogen (secondary N) is 1. The van der Waals surface area contributed by atoms with Gasteiger partial charge in [0.2, 0.25) is 0 Å². The Balaban J connectivity index is 1.91. The maximum atomic E-state index is 12.0. The highest BCUT2D eigenvalue weighted by molar-refractivity contribution is 5.89. The quantitative estimate of drug-likeness (QED) is 0.933. The highest BCUT2D eigenvalue weighted by atomic mass is 19.4. The number of hydrogen-bond acceptors (Lipinski definition) is 3. The molecule has 0 radical (unpaired) electrons. The average molecular weight is 314 g/mol. The topological polar surface area (TPSA) is 54.7 Å². The minimum absolute atomic E-state index is 0.272. The van der Waals surface area contributed by atoms with Crippen molar-refractivity contribution < 1.29 is 27.1 Å². The Morgan fingerprint density at radius 1 is 1.27 bits per heavy atom. The predicted molar refractivity (Wildman–Crippen MR) is 72.3 cm³/mol. The SMILES string of the molecule is CN(Cc1ccco1)C(=O)Nc1ccc(OC(F)(F)F)cc1. The van der Waals surface area contributed by atoms with Crippen LogP contribution in [0.3, 0.4) is 0 Å². The van der Waals surface area contributed by atoms with E-state index in [0.717, 1.165) is 12.1 Å². The smallest absolute Gasteiger partial charge is 0.467 e. The molecule has 0 fully saturated rings. The molecule has 8 heteroatoms. The van der Waals surface area contributed by atoms with Crippen LogP contribution in [0.25, 0.3) is 0 Å². The molecule has 1 N–H and O–H groups in total. The Morgan fingerprint density at radius 3 is 2.50 bits per heavy atom. The molecule has 0 unspecified atom stereocenters. The number of carbonyl (C=O) groups is 1. The summed E-state index contributed by atoms with van der Waals surface area (Å²) in [6.07, 6.45) is -3.24. The summed E-state index contributed by atoms with van der Waals surface area (Å²) in [5.74, 6) is 0.265. The van der Waals surface area contributed by atoms with Gasteiger partial charge in [-0.1, -0.05) is 0 Å². The summed E-state index contributed by atoms with van der Waals surface area (Å²) in [6, 6.07) is 7.90. The van der Waals surface area contributed by atoms with E-state index < -0.39 is 12.4 Å². The molecule has 2 amide bonds. The van der Waals surface area contributed by atoms with Gasteiger partial charge in [0.1, 0.15) is 11.5 Å². The van der Waals surface area contributed by atoms with Crippen LogP contribution in [0.2, 0.25) is 0 Å². The van der Waals surface area contributed by atoms with Gasteiger partial charge in [-0.2, -0.15) is 0 Å². The second kappa shape index (κ2) is 6.42. The Kier molecular flexibility index (Phi) is 4.59. The van der Waals surface area contributed by atoms with Crippen LogP contribution in [-0.4, -0.2) is 24.3 Å². The average Bonchev–Trinajstić information content (AvgIpc) is 2.92. The van der Waals surface area contributed by atoms with E-state index in [1.54, 1.807) is 19.2 Å². The van der Waals surface area contributed by atoms with Gasteiger partial charge in [0.25, 0.3) is 0 Å². The molecule has 2 rings (SSSR count). The molecule has 0 atom stereocenters. The molecule has 0 aliphatic rings. The molecule has 2 aromatic rings. The molecule has 1 aromatic carbocycles. The van der Waals surface area contributed by atoms with Gasteiger partial charge in [0, 0.05) is 12.7 Å². The third-order valence-corrected chi connectivity index (χ3v) is 2.66. The van der Waals surface area contributed by atoms with Crippen LogP contribution in [0.4, 0.5) is 23.7 Å². The molecule has 22 heavy (non-hydrogen) atoms. The second-order valence-electron chi connectivity index (χ2n) is 4.44. The van der Waals surface area contributed by atoms with Gasteiger partial charge >= 0.3 is 12.4 Å². The number of amides is 2. The third kappa shape index (κ3) is 4.72. The molecule has 0 aliphatic carbocycles. The molecular weight excluding hydrogens is 301 g/mol. The number of hydrogen-bond donors (Lipinski definition) is 1. The lowest BCUT2D eigenvalue weighted by Gasteiger charge is -2.17. The highest BCUT2D eigenvalue weighted by Gasteiger charge is 2.30. The van der Waals surface area contributed by atoms with E-state index in [9.17, 15) is 18.0 Å². The fraction of sp³-hybridized carbons (Fsp3) is 0.214. The lowest BCUT2D eigenvalue weighted by Crippen LogP contribution is -2.30. The number of ether oxygens (including phenoxy) is 1. The molecule has 0 aliphatic heterocycles. The van der Waals surface area contributed by atoms with E-state index in [0.29, 0.717) is 11.4 Å². The molecule has 0 spiro atoms. The second-order valence-corrected chi connectivity index (χ2v) is 4.44. The van der Waals surface area contributed by atoms with Crippen LogP contribution in [-0.2, 0) is 6.54 Å². The van der Waals surface area contributed by atoms with Gasteiger partial charge < -0.3 is 19.4 Å². The van der Waals surface area contributed by atoms with Crippen LogP contribution in [0.1, 0.15) is 5.76 Å². The normalized spacial score (nSPS) is 11.1. The Bertz CT molecular complexity index is 609. The minimum Gasteiger partial charge on any atom is -0.467 e. The molecule has 0 bridgehead atoms. The van der Waals surface area contributed by atoms with Gasteiger partial charge in [-0.3, -0.25) is 0 Å². The molecule has 5 nitrogen and oxygen atoms in total. The number of benzene rings is 1. The van der Waals surface area contributed by atoms with Crippen LogP contribution in [0, 0.1) is 0 Å². The summed E-state index contributed by atoms with van der Waals surface area (Å²) in [4.78, 5) is 13.3. The molecule has 1 aromatic heterocycles. The van der Waals surface area contributed by atoms with Crippen molar-refractivity contribution in [2.45, 2.75) is 12.9 Å². The number of anilines is 1. The predicted octanol–water partition coefficient (Wildman–Crippen LogP) is 3.84. The lowest BCUT2D eigenvalue weighted by molar-refractivity contribution is -0.274. The molecular formula is C14H13F3N2O3. The first-order valence-electron chi connectivity index (χ1n) is 6.24. The summed E-state index contributed by atoms with van der Waals surface area (Å²) in [5, 5.41) is 2.55.